The Bertz CT molecular complexity index is 984. The number of aliphatic carboxylic acids is 2. The number of rotatable bonds is 13. The van der Waals surface area contributed by atoms with Crippen molar-refractivity contribution in [3.63, 3.8) is 0 Å². The van der Waals surface area contributed by atoms with Crippen LogP contribution < -0.4 is 5.32 Å². The molecule has 0 fully saturated rings. The van der Waals surface area contributed by atoms with Gasteiger partial charge in [0.05, 0.1) is 17.7 Å². The monoisotopic (exact) mass is 499 g/mol. The highest BCUT2D eigenvalue weighted by Crippen LogP contribution is 2.33. The summed E-state index contributed by atoms with van der Waals surface area (Å²) < 4.78 is 0. The van der Waals surface area contributed by atoms with E-state index < -0.39 is 11.9 Å². The minimum absolute atomic E-state index is 0.117. The number of para-hydroxylation sites is 1. The van der Waals surface area contributed by atoms with Gasteiger partial charge in [-0.3, -0.25) is 14.7 Å². The second kappa shape index (κ2) is 15.9. The third kappa shape index (κ3) is 9.57. The van der Waals surface area contributed by atoms with Crippen LogP contribution in [0.1, 0.15) is 82.9 Å². The first kappa shape index (κ1) is 29.2. The summed E-state index contributed by atoms with van der Waals surface area (Å²) >= 11 is 0. The summed E-state index contributed by atoms with van der Waals surface area (Å²) in [6, 6.07) is 8.20. The largest absolute Gasteiger partial charge is 0.473 e. The topological polar surface area (TPSA) is 120 Å². The van der Waals surface area contributed by atoms with Gasteiger partial charge in [-0.2, -0.15) is 0 Å². The van der Waals surface area contributed by atoms with Crippen LogP contribution in [0.15, 0.2) is 24.3 Å². The molecule has 1 aliphatic carbocycles. The Hall–Kier alpha value is -3.00. The van der Waals surface area contributed by atoms with Crippen molar-refractivity contribution in [2.75, 3.05) is 25.0 Å². The number of pyridine rings is 1. The molecule has 0 radical (unpaired) electrons. The average molecular weight is 500 g/mol. The molecule has 8 heteroatoms. The molecule has 3 rings (SSSR count). The van der Waals surface area contributed by atoms with Crippen LogP contribution >= 0.6 is 0 Å². The maximum atomic E-state index is 13.1. The predicted molar refractivity (Wildman–Crippen MR) is 142 cm³/mol. The number of anilines is 1. The van der Waals surface area contributed by atoms with Crippen molar-refractivity contribution in [3.8, 4) is 0 Å². The highest BCUT2D eigenvalue weighted by Gasteiger charge is 2.21. The molecule has 0 saturated heterocycles. The Balaban J connectivity index is 0.000000678. The number of carbonyl (C=O) groups is 3. The number of benzene rings is 1. The number of nitrogens with zero attached hydrogens (tertiary/aromatic N) is 2. The van der Waals surface area contributed by atoms with Crippen LogP contribution in [-0.2, 0) is 27.2 Å². The second-order valence-corrected chi connectivity index (χ2v) is 9.34. The number of carbonyl (C=O) groups excluding carboxylic acids is 1. The number of carboxylic acid groups (broad SMARTS) is 2. The van der Waals surface area contributed by atoms with Gasteiger partial charge in [0.25, 0.3) is 0 Å². The van der Waals surface area contributed by atoms with Gasteiger partial charge in [-0.15, -0.1) is 0 Å². The van der Waals surface area contributed by atoms with Crippen molar-refractivity contribution in [2.45, 2.75) is 84.5 Å². The van der Waals surface area contributed by atoms with Gasteiger partial charge in [0, 0.05) is 11.1 Å². The number of hydrogen-bond donors (Lipinski definition) is 3. The number of amides is 1. The van der Waals surface area contributed by atoms with Crippen molar-refractivity contribution in [1.82, 2.24) is 9.88 Å². The van der Waals surface area contributed by atoms with Gasteiger partial charge in [-0.05, 0) is 56.8 Å². The first-order valence-corrected chi connectivity index (χ1v) is 13.3. The summed E-state index contributed by atoms with van der Waals surface area (Å²) in [5.41, 5.74) is 4.42. The zero-order valence-corrected chi connectivity index (χ0v) is 21.7. The number of aromatic nitrogens is 1. The molecule has 1 heterocycles. The minimum atomic E-state index is -1.82. The molecule has 0 spiro atoms. The molecule has 1 aromatic carbocycles. The molecule has 198 valence electrons. The van der Waals surface area contributed by atoms with E-state index >= 15 is 0 Å². The molecule has 0 aliphatic heterocycles. The maximum Gasteiger partial charge on any atom is 0.414 e. The lowest BCUT2D eigenvalue weighted by Crippen LogP contribution is -2.35. The van der Waals surface area contributed by atoms with Crippen LogP contribution in [0.2, 0.25) is 0 Å². The van der Waals surface area contributed by atoms with Gasteiger partial charge in [0.2, 0.25) is 5.91 Å². The van der Waals surface area contributed by atoms with Crippen molar-refractivity contribution in [3.05, 3.63) is 35.5 Å². The molecule has 2 aromatic rings. The first-order valence-electron chi connectivity index (χ1n) is 13.3. The van der Waals surface area contributed by atoms with Crippen molar-refractivity contribution in [1.29, 1.82) is 0 Å². The summed E-state index contributed by atoms with van der Waals surface area (Å²) in [6.45, 7) is 7.02. The molecule has 1 amide bonds. The van der Waals surface area contributed by atoms with Crippen molar-refractivity contribution >= 4 is 34.4 Å². The van der Waals surface area contributed by atoms with Crippen LogP contribution in [0.4, 0.5) is 5.69 Å². The lowest BCUT2D eigenvalue weighted by atomic mass is 10.1. The smallest absolute Gasteiger partial charge is 0.414 e. The van der Waals surface area contributed by atoms with Crippen LogP contribution in [0.5, 0.6) is 0 Å². The van der Waals surface area contributed by atoms with Gasteiger partial charge in [0.1, 0.15) is 0 Å². The minimum Gasteiger partial charge on any atom is -0.473 e. The third-order valence-electron chi connectivity index (χ3n) is 6.39. The van der Waals surface area contributed by atoms with E-state index in [0.29, 0.717) is 6.54 Å². The van der Waals surface area contributed by atoms with Crippen LogP contribution in [-0.4, -0.2) is 57.6 Å². The predicted octanol–water partition coefficient (Wildman–Crippen LogP) is 5.28. The molecule has 3 N–H and O–H groups in total. The number of aryl methyl sites for hydroxylation is 1. The highest BCUT2D eigenvalue weighted by atomic mass is 16.4. The fourth-order valence-corrected chi connectivity index (χ4v) is 4.53. The lowest BCUT2D eigenvalue weighted by molar-refractivity contribution is -0.159. The Morgan fingerprint density at radius 1 is 0.889 bits per heavy atom. The Morgan fingerprint density at radius 2 is 1.50 bits per heavy atom. The summed E-state index contributed by atoms with van der Waals surface area (Å²) in [5.74, 6) is -3.53. The van der Waals surface area contributed by atoms with E-state index in [9.17, 15) is 4.79 Å². The normalized spacial score (nSPS) is 12.2. The number of unbranched alkanes of at least 4 members (excludes halogenated alkanes) is 6. The number of carboxylic acids is 2. The summed E-state index contributed by atoms with van der Waals surface area (Å²) in [4.78, 5) is 38.5. The maximum absolute atomic E-state index is 13.1. The average Bonchev–Trinajstić information content (AvgIpc) is 3.33. The molecular weight excluding hydrogens is 458 g/mol. The molecular formula is C28H41N3O5. The summed E-state index contributed by atoms with van der Waals surface area (Å²) in [7, 11) is 0. The quantitative estimate of drug-likeness (QED) is 0.253. The standard InChI is InChI=1S/C26H39N3O.C2H2O4/c1-3-5-7-11-18-29(19-12-8-6-4-2)20-25(30)28-26-21-14-9-10-16-23(21)27-24-17-13-15-22(24)26;3-1(4)2(5)6/h9-10,14,16H,3-8,11-13,15,17-20H2,1-2H3,(H,27,28,30);(H,3,4)(H,5,6). The van der Waals surface area contributed by atoms with Crippen molar-refractivity contribution in [2.24, 2.45) is 0 Å². The molecule has 1 aromatic heterocycles. The third-order valence-corrected chi connectivity index (χ3v) is 6.39. The zero-order valence-electron chi connectivity index (χ0n) is 21.7. The van der Waals surface area contributed by atoms with Gasteiger partial charge < -0.3 is 15.5 Å². The number of hydrogen-bond acceptors (Lipinski definition) is 5. The SMILES string of the molecule is CCCCCCN(CCCCCC)CC(=O)Nc1c2c(nc3ccccc13)CCC2.O=C(O)C(=O)O. The van der Waals surface area contributed by atoms with E-state index in [1.165, 1.54) is 62.6 Å². The fourth-order valence-electron chi connectivity index (χ4n) is 4.53. The molecule has 1 aliphatic rings. The van der Waals surface area contributed by atoms with E-state index in [1.54, 1.807) is 0 Å². The van der Waals surface area contributed by atoms with Crippen LogP contribution in [0, 0.1) is 0 Å². The van der Waals surface area contributed by atoms with Gasteiger partial charge in [-0.1, -0.05) is 70.6 Å². The van der Waals surface area contributed by atoms with Crippen molar-refractivity contribution < 1.29 is 24.6 Å². The fraction of sp³-hybridized carbons (Fsp3) is 0.571. The van der Waals surface area contributed by atoms with Crippen LogP contribution in [0.3, 0.4) is 0 Å². The Morgan fingerprint density at radius 3 is 2.08 bits per heavy atom. The molecule has 36 heavy (non-hydrogen) atoms. The first-order chi connectivity index (χ1) is 17.4. The zero-order chi connectivity index (χ0) is 26.3. The van der Waals surface area contributed by atoms with Gasteiger partial charge in [-0.25, -0.2) is 9.59 Å². The molecule has 0 saturated carbocycles. The lowest BCUT2D eigenvalue weighted by Gasteiger charge is -2.22. The Kier molecular flexibility index (Phi) is 12.9. The molecule has 0 atom stereocenters. The van der Waals surface area contributed by atoms with Gasteiger partial charge in [0.15, 0.2) is 0 Å². The van der Waals surface area contributed by atoms with E-state index in [1.807, 2.05) is 12.1 Å². The second-order valence-electron chi connectivity index (χ2n) is 9.34. The van der Waals surface area contributed by atoms with E-state index in [2.05, 4.69) is 36.2 Å². The van der Waals surface area contributed by atoms with E-state index in [0.717, 1.165) is 48.9 Å². The molecule has 0 unspecified atom stereocenters. The summed E-state index contributed by atoms with van der Waals surface area (Å²) in [5, 5.41) is 19.2. The van der Waals surface area contributed by atoms with E-state index in [4.69, 9.17) is 24.8 Å². The van der Waals surface area contributed by atoms with Crippen LogP contribution in [0.25, 0.3) is 10.9 Å². The van der Waals surface area contributed by atoms with E-state index in [-0.39, 0.29) is 5.91 Å². The molecule has 8 nitrogen and oxygen atoms in total. The summed E-state index contributed by atoms with van der Waals surface area (Å²) in [6.07, 6.45) is 13.1. The van der Waals surface area contributed by atoms with Gasteiger partial charge >= 0.3 is 11.9 Å². The number of fused-ring (bicyclic) bond motifs is 2. The highest BCUT2D eigenvalue weighted by molar-refractivity contribution is 6.27. The Labute approximate surface area is 214 Å². The number of nitrogens with one attached hydrogen (secondary N) is 1. The molecule has 0 bridgehead atoms.